The SMILES string of the molecule is C[C@H](NC(=O)CN1C(=O)C(=O)N(C)C1=O)c1ccco1. The first-order valence-electron chi connectivity index (χ1n) is 5.88. The van der Waals surface area contributed by atoms with Crippen molar-refractivity contribution in [2.75, 3.05) is 13.6 Å². The van der Waals surface area contributed by atoms with Crippen molar-refractivity contribution in [2.45, 2.75) is 13.0 Å². The molecular weight excluding hydrogens is 266 g/mol. The highest BCUT2D eigenvalue weighted by Crippen LogP contribution is 2.13. The number of carbonyl (C=O) groups is 4. The van der Waals surface area contributed by atoms with Crippen LogP contribution in [0.15, 0.2) is 22.8 Å². The number of amides is 5. The highest BCUT2D eigenvalue weighted by Gasteiger charge is 2.43. The molecule has 1 saturated heterocycles. The van der Waals surface area contributed by atoms with Crippen LogP contribution in [-0.4, -0.2) is 47.1 Å². The third-order valence-electron chi connectivity index (χ3n) is 2.90. The second-order valence-electron chi connectivity index (χ2n) is 4.34. The van der Waals surface area contributed by atoms with Crippen molar-refractivity contribution in [2.24, 2.45) is 0 Å². The molecule has 8 nitrogen and oxygen atoms in total. The lowest BCUT2D eigenvalue weighted by Crippen LogP contribution is -2.41. The summed E-state index contributed by atoms with van der Waals surface area (Å²) in [7, 11) is 1.19. The summed E-state index contributed by atoms with van der Waals surface area (Å²) >= 11 is 0. The van der Waals surface area contributed by atoms with E-state index in [1.54, 1.807) is 19.1 Å². The number of nitrogens with one attached hydrogen (secondary N) is 1. The molecule has 0 saturated carbocycles. The van der Waals surface area contributed by atoms with Gasteiger partial charge in [0.2, 0.25) is 5.91 Å². The Hall–Kier alpha value is -2.64. The Labute approximate surface area is 114 Å². The van der Waals surface area contributed by atoms with Gasteiger partial charge < -0.3 is 9.73 Å². The number of carbonyl (C=O) groups excluding carboxylic acids is 4. The third-order valence-corrected chi connectivity index (χ3v) is 2.90. The number of likely N-dealkylation sites (N-methyl/N-ethyl adjacent to an activating group) is 1. The summed E-state index contributed by atoms with van der Waals surface area (Å²) in [6.07, 6.45) is 1.47. The molecule has 1 atom stereocenters. The van der Waals surface area contributed by atoms with Crippen LogP contribution >= 0.6 is 0 Å². The lowest BCUT2D eigenvalue weighted by molar-refractivity contribution is -0.143. The van der Waals surface area contributed by atoms with Crippen molar-refractivity contribution in [1.29, 1.82) is 0 Å². The molecule has 2 heterocycles. The van der Waals surface area contributed by atoms with Gasteiger partial charge in [-0.05, 0) is 19.1 Å². The first kappa shape index (κ1) is 13.8. The number of imide groups is 2. The highest BCUT2D eigenvalue weighted by atomic mass is 16.3. The lowest BCUT2D eigenvalue weighted by atomic mass is 10.2. The predicted octanol–water partition coefficient (Wildman–Crippen LogP) is -0.123. The fraction of sp³-hybridized carbons (Fsp3) is 0.333. The van der Waals surface area contributed by atoms with E-state index >= 15 is 0 Å². The van der Waals surface area contributed by atoms with Gasteiger partial charge in [-0.3, -0.25) is 19.3 Å². The summed E-state index contributed by atoms with van der Waals surface area (Å²) in [5.41, 5.74) is 0. The minimum absolute atomic E-state index is 0.404. The molecule has 0 bridgehead atoms. The Balaban J connectivity index is 1.97. The molecule has 0 aromatic carbocycles. The molecule has 0 unspecified atom stereocenters. The van der Waals surface area contributed by atoms with Crippen LogP contribution in [0.5, 0.6) is 0 Å². The molecule has 20 heavy (non-hydrogen) atoms. The van der Waals surface area contributed by atoms with Crippen LogP contribution in [0.2, 0.25) is 0 Å². The maximum Gasteiger partial charge on any atom is 0.334 e. The monoisotopic (exact) mass is 279 g/mol. The molecule has 1 aromatic heterocycles. The number of urea groups is 1. The zero-order chi connectivity index (χ0) is 14.9. The van der Waals surface area contributed by atoms with E-state index in [0.29, 0.717) is 15.6 Å². The molecule has 5 amide bonds. The quantitative estimate of drug-likeness (QED) is 0.611. The summed E-state index contributed by atoms with van der Waals surface area (Å²) in [6, 6.07) is 2.16. The van der Waals surface area contributed by atoms with E-state index in [4.69, 9.17) is 4.42 Å². The average Bonchev–Trinajstić information content (AvgIpc) is 3.00. The Morgan fingerprint density at radius 3 is 2.55 bits per heavy atom. The van der Waals surface area contributed by atoms with Gasteiger partial charge in [-0.15, -0.1) is 0 Å². The number of nitrogens with zero attached hydrogens (tertiary/aromatic N) is 2. The van der Waals surface area contributed by atoms with Crippen LogP contribution in [0, 0.1) is 0 Å². The summed E-state index contributed by atoms with van der Waals surface area (Å²) in [6.45, 7) is 1.19. The fourth-order valence-corrected chi connectivity index (χ4v) is 1.79. The smallest absolute Gasteiger partial charge is 0.334 e. The highest BCUT2D eigenvalue weighted by molar-refractivity contribution is 6.44. The molecule has 0 spiro atoms. The predicted molar refractivity (Wildman–Crippen MR) is 65.1 cm³/mol. The van der Waals surface area contributed by atoms with Crippen molar-refractivity contribution < 1.29 is 23.6 Å². The van der Waals surface area contributed by atoms with Gasteiger partial charge in [-0.25, -0.2) is 9.69 Å². The summed E-state index contributed by atoms with van der Waals surface area (Å²) in [5, 5.41) is 2.57. The number of rotatable bonds is 4. The van der Waals surface area contributed by atoms with Crippen LogP contribution in [0.1, 0.15) is 18.7 Å². The largest absolute Gasteiger partial charge is 0.467 e. The second-order valence-corrected chi connectivity index (χ2v) is 4.34. The Morgan fingerprint density at radius 2 is 2.05 bits per heavy atom. The first-order valence-corrected chi connectivity index (χ1v) is 5.88. The van der Waals surface area contributed by atoms with E-state index in [-0.39, 0.29) is 0 Å². The van der Waals surface area contributed by atoms with E-state index in [2.05, 4.69) is 5.32 Å². The van der Waals surface area contributed by atoms with Crippen molar-refractivity contribution in [3.8, 4) is 0 Å². The van der Waals surface area contributed by atoms with E-state index in [9.17, 15) is 19.2 Å². The van der Waals surface area contributed by atoms with Crippen LogP contribution < -0.4 is 5.32 Å². The Morgan fingerprint density at radius 1 is 1.35 bits per heavy atom. The van der Waals surface area contributed by atoms with Crippen LogP contribution in [0.4, 0.5) is 4.79 Å². The van der Waals surface area contributed by atoms with Crippen LogP contribution in [0.25, 0.3) is 0 Å². The molecule has 0 radical (unpaired) electrons. The number of furan rings is 1. The lowest BCUT2D eigenvalue weighted by Gasteiger charge is -2.15. The molecule has 8 heteroatoms. The molecule has 1 aliphatic rings. The summed E-state index contributed by atoms with van der Waals surface area (Å²) in [5.74, 6) is -1.95. The number of hydrogen-bond donors (Lipinski definition) is 1. The Bertz CT molecular complexity index is 566. The average molecular weight is 279 g/mol. The van der Waals surface area contributed by atoms with E-state index < -0.39 is 36.3 Å². The zero-order valence-corrected chi connectivity index (χ0v) is 11.0. The third kappa shape index (κ3) is 2.40. The molecule has 106 valence electrons. The minimum Gasteiger partial charge on any atom is -0.467 e. The van der Waals surface area contributed by atoms with Gasteiger partial charge in [0.25, 0.3) is 0 Å². The summed E-state index contributed by atoms with van der Waals surface area (Å²) < 4.78 is 5.12. The zero-order valence-electron chi connectivity index (χ0n) is 11.0. The van der Waals surface area contributed by atoms with Crippen molar-refractivity contribution in [3.05, 3.63) is 24.2 Å². The topological polar surface area (TPSA) is 99.9 Å². The van der Waals surface area contributed by atoms with Gasteiger partial charge in [-0.2, -0.15) is 0 Å². The van der Waals surface area contributed by atoms with E-state index in [0.717, 1.165) is 0 Å². The Kier molecular flexibility index (Phi) is 3.55. The van der Waals surface area contributed by atoms with Gasteiger partial charge >= 0.3 is 17.8 Å². The van der Waals surface area contributed by atoms with Gasteiger partial charge in [0.05, 0.1) is 12.3 Å². The molecule has 1 fully saturated rings. The maximum absolute atomic E-state index is 11.8. The first-order chi connectivity index (χ1) is 9.41. The maximum atomic E-state index is 11.8. The van der Waals surface area contributed by atoms with Crippen LogP contribution in [0.3, 0.4) is 0 Å². The normalized spacial score (nSPS) is 16.8. The molecule has 0 aliphatic carbocycles. The van der Waals surface area contributed by atoms with Crippen LogP contribution in [-0.2, 0) is 14.4 Å². The number of hydrogen-bond acceptors (Lipinski definition) is 5. The standard InChI is InChI=1S/C12H13N3O5/c1-7(8-4-3-5-20-8)13-9(16)6-15-11(18)10(17)14(2)12(15)19/h3-5,7H,6H2,1-2H3,(H,13,16)/t7-/m0/s1. The van der Waals surface area contributed by atoms with Gasteiger partial charge in [0, 0.05) is 7.05 Å². The minimum atomic E-state index is -1.00. The van der Waals surface area contributed by atoms with E-state index in [1.807, 2.05) is 0 Å². The molecule has 1 aromatic rings. The van der Waals surface area contributed by atoms with Crippen molar-refractivity contribution in [3.63, 3.8) is 0 Å². The molecular formula is C12H13N3O5. The molecule has 1 aliphatic heterocycles. The van der Waals surface area contributed by atoms with Gasteiger partial charge in [0.1, 0.15) is 12.3 Å². The molecule has 2 rings (SSSR count). The van der Waals surface area contributed by atoms with Crippen molar-refractivity contribution >= 4 is 23.8 Å². The van der Waals surface area contributed by atoms with Gasteiger partial charge in [-0.1, -0.05) is 0 Å². The molecule has 1 N–H and O–H groups in total. The summed E-state index contributed by atoms with van der Waals surface area (Å²) in [4.78, 5) is 47.4. The van der Waals surface area contributed by atoms with Gasteiger partial charge in [0.15, 0.2) is 0 Å². The van der Waals surface area contributed by atoms with Crippen molar-refractivity contribution in [1.82, 2.24) is 15.1 Å². The van der Waals surface area contributed by atoms with E-state index in [1.165, 1.54) is 13.3 Å². The fourth-order valence-electron chi connectivity index (χ4n) is 1.79. The second kappa shape index (κ2) is 5.16.